The molecule has 0 radical (unpaired) electrons. The highest BCUT2D eigenvalue weighted by atomic mass is 32.2. The molecule has 3 aromatic rings. The van der Waals surface area contributed by atoms with E-state index in [9.17, 15) is 14.4 Å². The van der Waals surface area contributed by atoms with Crippen LogP contribution in [0, 0.1) is 0 Å². The minimum absolute atomic E-state index is 0.0915. The minimum atomic E-state index is -0.641. The topological polar surface area (TPSA) is 112 Å². The van der Waals surface area contributed by atoms with Crippen LogP contribution in [0.2, 0.25) is 0 Å². The molecule has 3 amide bonds. The summed E-state index contributed by atoms with van der Waals surface area (Å²) in [6.45, 7) is 4.39. The second-order valence-electron chi connectivity index (χ2n) is 7.16. The van der Waals surface area contributed by atoms with Crippen molar-refractivity contribution in [2.75, 3.05) is 18.9 Å². The van der Waals surface area contributed by atoms with Crippen molar-refractivity contribution in [2.24, 2.45) is 0 Å². The molecule has 33 heavy (non-hydrogen) atoms. The third-order valence-corrected chi connectivity index (χ3v) is 5.76. The summed E-state index contributed by atoms with van der Waals surface area (Å²) in [6.07, 6.45) is 1.22. The largest absolute Gasteiger partial charge is 0.486 e. The van der Waals surface area contributed by atoms with Crippen LogP contribution in [0.5, 0.6) is 11.5 Å². The number of carbonyl (C=O) groups excluding carboxylic acids is 2. The van der Waals surface area contributed by atoms with Gasteiger partial charge in [-0.25, -0.2) is 9.78 Å². The predicted octanol–water partition coefficient (Wildman–Crippen LogP) is 2.34. The lowest BCUT2D eigenvalue weighted by Crippen LogP contribution is -2.46. The Morgan fingerprint density at radius 1 is 1.18 bits per heavy atom. The Kier molecular flexibility index (Phi) is 6.94. The number of allylic oxidation sites excluding steroid dienone is 1. The molecule has 2 heterocycles. The second-order valence-corrected chi connectivity index (χ2v) is 8.10. The fourth-order valence-corrected chi connectivity index (χ4v) is 4.06. The number of fused-ring (bicyclic) bond motifs is 2. The average molecular weight is 467 g/mol. The summed E-state index contributed by atoms with van der Waals surface area (Å²) in [6, 6.07) is 13.6. The molecule has 9 nitrogen and oxygen atoms in total. The van der Waals surface area contributed by atoms with Crippen LogP contribution in [-0.4, -0.2) is 46.5 Å². The predicted molar refractivity (Wildman–Crippen MR) is 125 cm³/mol. The van der Waals surface area contributed by atoms with Gasteiger partial charge < -0.3 is 14.8 Å². The number of nitrogens with zero attached hydrogens (tertiary/aromatic N) is 2. The normalized spacial score (nSPS) is 14.5. The van der Waals surface area contributed by atoms with Crippen molar-refractivity contribution in [3.8, 4) is 11.5 Å². The number of ether oxygens (including phenoxy) is 2. The van der Waals surface area contributed by atoms with Crippen LogP contribution in [0.25, 0.3) is 10.9 Å². The molecule has 2 aromatic carbocycles. The van der Waals surface area contributed by atoms with Crippen LogP contribution in [0.3, 0.4) is 0 Å². The monoisotopic (exact) mass is 466 g/mol. The Labute approximate surface area is 193 Å². The Bertz CT molecular complexity index is 1260. The maximum atomic E-state index is 12.7. The SMILES string of the molecule is C=CCn1c(SCC(=O)NC(=O)NCC2COc3ccccc3O2)nc2ccccc2c1=O. The first-order valence-corrected chi connectivity index (χ1v) is 11.2. The van der Waals surface area contributed by atoms with Gasteiger partial charge in [-0.2, -0.15) is 0 Å². The molecule has 170 valence electrons. The van der Waals surface area contributed by atoms with Gasteiger partial charge in [0.05, 0.1) is 23.2 Å². The Morgan fingerprint density at radius 3 is 2.76 bits per heavy atom. The molecule has 0 fully saturated rings. The highest BCUT2D eigenvalue weighted by Crippen LogP contribution is 2.30. The van der Waals surface area contributed by atoms with E-state index < -0.39 is 11.9 Å². The molecule has 2 N–H and O–H groups in total. The number of aromatic nitrogens is 2. The zero-order valence-corrected chi connectivity index (χ0v) is 18.5. The van der Waals surface area contributed by atoms with Crippen LogP contribution in [-0.2, 0) is 11.3 Å². The van der Waals surface area contributed by atoms with Crippen LogP contribution < -0.4 is 25.7 Å². The minimum Gasteiger partial charge on any atom is -0.486 e. The first-order chi connectivity index (χ1) is 16.0. The van der Waals surface area contributed by atoms with Crippen LogP contribution in [0.4, 0.5) is 4.79 Å². The van der Waals surface area contributed by atoms with Gasteiger partial charge in [0.25, 0.3) is 5.56 Å². The zero-order valence-electron chi connectivity index (χ0n) is 17.7. The van der Waals surface area contributed by atoms with Gasteiger partial charge in [-0.1, -0.05) is 42.1 Å². The molecular weight excluding hydrogens is 444 g/mol. The molecule has 1 atom stereocenters. The molecule has 1 aliphatic rings. The van der Waals surface area contributed by atoms with E-state index in [0.29, 0.717) is 27.6 Å². The van der Waals surface area contributed by atoms with Crippen LogP contribution in [0.15, 0.2) is 71.1 Å². The van der Waals surface area contributed by atoms with Crippen molar-refractivity contribution in [3.63, 3.8) is 0 Å². The van der Waals surface area contributed by atoms with Gasteiger partial charge in [-0.3, -0.25) is 19.5 Å². The van der Waals surface area contributed by atoms with Gasteiger partial charge in [0.1, 0.15) is 6.61 Å². The van der Waals surface area contributed by atoms with Crippen molar-refractivity contribution in [2.45, 2.75) is 17.8 Å². The lowest BCUT2D eigenvalue weighted by molar-refractivity contribution is -0.117. The number of rotatable bonds is 7. The van der Waals surface area contributed by atoms with E-state index >= 15 is 0 Å². The van der Waals surface area contributed by atoms with Gasteiger partial charge >= 0.3 is 6.03 Å². The van der Waals surface area contributed by atoms with Gasteiger partial charge in [-0.05, 0) is 24.3 Å². The standard InChI is InChI=1S/C23H22N4O5S/c1-2-11-27-21(29)16-7-3-4-8-17(16)25-23(27)33-14-20(28)26-22(30)24-12-15-13-31-18-9-5-6-10-19(18)32-15/h2-10,15H,1,11-14H2,(H2,24,26,28,30). The number of benzene rings is 2. The molecule has 4 rings (SSSR count). The third kappa shape index (κ3) is 5.35. The summed E-state index contributed by atoms with van der Waals surface area (Å²) in [7, 11) is 0. The van der Waals surface area contributed by atoms with E-state index in [4.69, 9.17) is 9.47 Å². The van der Waals surface area contributed by atoms with E-state index in [1.165, 1.54) is 4.57 Å². The Morgan fingerprint density at radius 2 is 1.94 bits per heavy atom. The van der Waals surface area contributed by atoms with E-state index in [1.807, 2.05) is 12.1 Å². The van der Waals surface area contributed by atoms with Gasteiger partial charge in [0.2, 0.25) is 5.91 Å². The van der Waals surface area contributed by atoms with Gasteiger partial charge in [0, 0.05) is 6.54 Å². The molecule has 0 bridgehead atoms. The number of carbonyl (C=O) groups is 2. The fraction of sp³-hybridized carbons (Fsp3) is 0.217. The summed E-state index contributed by atoms with van der Waals surface area (Å²) < 4.78 is 12.8. The van der Waals surface area contributed by atoms with Crippen molar-refractivity contribution < 1.29 is 19.1 Å². The van der Waals surface area contributed by atoms with Gasteiger partial charge in [-0.15, -0.1) is 6.58 Å². The lowest BCUT2D eigenvalue weighted by Gasteiger charge is -2.26. The Balaban J connectivity index is 1.31. The number of para-hydroxylation sites is 3. The first-order valence-electron chi connectivity index (χ1n) is 10.2. The number of urea groups is 1. The fourth-order valence-electron chi connectivity index (χ4n) is 3.26. The first kappa shape index (κ1) is 22.4. The van der Waals surface area contributed by atoms with Crippen molar-refractivity contribution in [1.29, 1.82) is 0 Å². The van der Waals surface area contributed by atoms with Crippen LogP contribution >= 0.6 is 11.8 Å². The molecule has 0 saturated carbocycles. The number of imide groups is 1. The van der Waals surface area contributed by atoms with E-state index in [1.54, 1.807) is 42.5 Å². The quantitative estimate of drug-likeness (QED) is 0.312. The summed E-state index contributed by atoms with van der Waals surface area (Å²) >= 11 is 1.07. The molecule has 1 unspecified atom stereocenters. The van der Waals surface area contributed by atoms with E-state index in [-0.39, 0.29) is 37.1 Å². The van der Waals surface area contributed by atoms with Gasteiger partial charge in [0.15, 0.2) is 22.8 Å². The molecule has 1 aromatic heterocycles. The Hall–Kier alpha value is -3.79. The lowest BCUT2D eigenvalue weighted by atomic mass is 10.2. The average Bonchev–Trinajstić information content (AvgIpc) is 2.83. The number of thioether (sulfide) groups is 1. The van der Waals surface area contributed by atoms with Crippen molar-refractivity contribution in [3.05, 3.63) is 71.5 Å². The number of amides is 3. The molecule has 10 heteroatoms. The molecule has 0 aliphatic carbocycles. The second kappa shape index (κ2) is 10.2. The van der Waals surface area contributed by atoms with E-state index in [2.05, 4.69) is 22.2 Å². The van der Waals surface area contributed by atoms with Crippen molar-refractivity contribution in [1.82, 2.24) is 20.2 Å². The number of hydrogen-bond acceptors (Lipinski definition) is 7. The number of nitrogens with one attached hydrogen (secondary N) is 2. The zero-order chi connectivity index (χ0) is 23.2. The molecule has 0 spiro atoms. The summed E-state index contributed by atoms with van der Waals surface area (Å²) in [5, 5.41) is 5.74. The molecular formula is C23H22N4O5S. The van der Waals surface area contributed by atoms with E-state index in [0.717, 1.165) is 11.8 Å². The summed E-state index contributed by atoms with van der Waals surface area (Å²) in [4.78, 5) is 41.6. The smallest absolute Gasteiger partial charge is 0.321 e. The van der Waals surface area contributed by atoms with Crippen LogP contribution in [0.1, 0.15) is 0 Å². The third-order valence-electron chi connectivity index (χ3n) is 4.78. The number of hydrogen-bond donors (Lipinski definition) is 2. The highest BCUT2D eigenvalue weighted by Gasteiger charge is 2.21. The summed E-state index contributed by atoms with van der Waals surface area (Å²) in [5.41, 5.74) is 0.331. The molecule has 0 saturated heterocycles. The molecule has 1 aliphatic heterocycles. The maximum absolute atomic E-state index is 12.7. The highest BCUT2D eigenvalue weighted by molar-refractivity contribution is 7.99. The maximum Gasteiger partial charge on any atom is 0.321 e. The van der Waals surface area contributed by atoms with Crippen molar-refractivity contribution >= 4 is 34.6 Å². The summed E-state index contributed by atoms with van der Waals surface area (Å²) in [5.74, 6) is 0.655.